The molecule has 0 aliphatic rings. The largest absolute Gasteiger partial charge is 0.516 e. The molecule has 0 aliphatic carbocycles. The fourth-order valence-corrected chi connectivity index (χ4v) is 1.98. The van der Waals surface area contributed by atoms with Gasteiger partial charge in [0.25, 0.3) is 0 Å². The molecule has 1 N–H and O–H groups in total. The molecular formula is C20H30O3. The first-order chi connectivity index (χ1) is 11.3. The van der Waals surface area contributed by atoms with Gasteiger partial charge >= 0.3 is 5.97 Å². The zero-order valence-electron chi connectivity index (χ0n) is 14.3. The molecule has 23 heavy (non-hydrogen) atoms. The van der Waals surface area contributed by atoms with Gasteiger partial charge in [-0.15, -0.1) is 0 Å². The Morgan fingerprint density at radius 2 is 1.70 bits per heavy atom. The van der Waals surface area contributed by atoms with Crippen LogP contribution in [0.4, 0.5) is 0 Å². The first-order valence-corrected chi connectivity index (χ1v) is 8.50. The fraction of sp³-hybridized carbons (Fsp3) is 0.550. The summed E-state index contributed by atoms with van der Waals surface area (Å²) >= 11 is 0. The zero-order chi connectivity index (χ0) is 17.0. The summed E-state index contributed by atoms with van der Waals surface area (Å²) in [6.45, 7) is 2.02. The third-order valence-electron chi connectivity index (χ3n) is 3.18. The van der Waals surface area contributed by atoms with Crippen LogP contribution in [0.15, 0.2) is 36.6 Å². The Hall–Kier alpha value is -1.95. The van der Waals surface area contributed by atoms with Gasteiger partial charge in [-0.1, -0.05) is 62.2 Å². The van der Waals surface area contributed by atoms with Gasteiger partial charge in [-0.05, 0) is 31.4 Å². The lowest BCUT2D eigenvalue weighted by molar-refractivity contribution is -0.141. The van der Waals surface area contributed by atoms with E-state index in [-0.39, 0.29) is 5.97 Å². The van der Waals surface area contributed by atoms with E-state index in [2.05, 4.69) is 17.9 Å². The van der Waals surface area contributed by atoms with Gasteiger partial charge < -0.3 is 9.84 Å². The molecular weight excluding hydrogens is 288 g/mol. The van der Waals surface area contributed by atoms with E-state index in [9.17, 15) is 4.79 Å². The molecule has 0 heterocycles. The highest BCUT2D eigenvalue weighted by Gasteiger charge is 1.94. The molecule has 0 unspecified atom stereocenters. The van der Waals surface area contributed by atoms with Crippen molar-refractivity contribution in [2.24, 2.45) is 0 Å². The van der Waals surface area contributed by atoms with Crippen molar-refractivity contribution in [3.63, 3.8) is 0 Å². The Morgan fingerprint density at radius 1 is 1.00 bits per heavy atom. The van der Waals surface area contributed by atoms with Crippen molar-refractivity contribution in [3.8, 4) is 11.8 Å². The average Bonchev–Trinajstić information content (AvgIpc) is 2.53. The maximum absolute atomic E-state index is 10.6. The molecule has 0 rings (SSSR count). The minimum atomic E-state index is -0.182. The van der Waals surface area contributed by atoms with E-state index in [0.717, 1.165) is 25.5 Å². The normalized spacial score (nSPS) is 11.2. The zero-order valence-corrected chi connectivity index (χ0v) is 14.3. The molecule has 0 aromatic carbocycles. The van der Waals surface area contributed by atoms with E-state index in [4.69, 9.17) is 9.84 Å². The van der Waals surface area contributed by atoms with Gasteiger partial charge in [-0.3, -0.25) is 4.79 Å². The molecule has 0 aliphatic heterocycles. The van der Waals surface area contributed by atoms with Crippen molar-refractivity contribution in [1.82, 2.24) is 0 Å². The molecule has 0 amide bonds. The number of hydrogen-bond acceptors (Lipinski definition) is 3. The van der Waals surface area contributed by atoms with Crippen LogP contribution in [0.25, 0.3) is 0 Å². The maximum Gasteiger partial charge on any atom is 0.302 e. The lowest BCUT2D eigenvalue weighted by Crippen LogP contribution is -1.99. The number of allylic oxidation sites excluding steroid dienone is 5. The van der Waals surface area contributed by atoms with Crippen LogP contribution in [-0.2, 0) is 9.53 Å². The topological polar surface area (TPSA) is 46.5 Å². The molecule has 0 aromatic rings. The predicted octanol–water partition coefficient (Wildman–Crippen LogP) is 5.25. The number of unbranched alkanes of at least 4 members (excludes halogenated alkanes) is 7. The molecule has 128 valence electrons. The molecule has 0 spiro atoms. The number of hydrogen-bond donors (Lipinski definition) is 1. The molecule has 0 atom stereocenters. The molecule has 0 aromatic heterocycles. The van der Waals surface area contributed by atoms with Crippen LogP contribution in [0, 0.1) is 11.8 Å². The van der Waals surface area contributed by atoms with Crippen LogP contribution in [-0.4, -0.2) is 17.7 Å². The number of rotatable bonds is 12. The van der Waals surface area contributed by atoms with Gasteiger partial charge in [0.1, 0.15) is 0 Å². The molecule has 3 nitrogen and oxygen atoms in total. The maximum atomic E-state index is 10.6. The lowest BCUT2D eigenvalue weighted by atomic mass is 10.1. The second-order valence-corrected chi connectivity index (χ2v) is 5.30. The van der Waals surface area contributed by atoms with E-state index in [1.54, 1.807) is 12.2 Å². The molecule has 0 saturated carbocycles. The van der Waals surface area contributed by atoms with Crippen molar-refractivity contribution in [3.05, 3.63) is 36.6 Å². The number of aliphatic hydroxyl groups excluding tert-OH is 1. The van der Waals surface area contributed by atoms with Crippen LogP contribution in [0.3, 0.4) is 0 Å². The van der Waals surface area contributed by atoms with Crippen molar-refractivity contribution in [1.29, 1.82) is 0 Å². The summed E-state index contributed by atoms with van der Waals surface area (Å²) in [5.74, 6) is 5.83. The van der Waals surface area contributed by atoms with E-state index >= 15 is 0 Å². The van der Waals surface area contributed by atoms with E-state index in [1.807, 2.05) is 12.2 Å². The van der Waals surface area contributed by atoms with E-state index in [0.29, 0.717) is 13.0 Å². The monoisotopic (exact) mass is 318 g/mol. The van der Waals surface area contributed by atoms with Crippen molar-refractivity contribution < 1.29 is 14.6 Å². The molecule has 0 fully saturated rings. The van der Waals surface area contributed by atoms with E-state index < -0.39 is 0 Å². The predicted molar refractivity (Wildman–Crippen MR) is 96.0 cm³/mol. The molecule has 3 heteroatoms. The molecule has 0 saturated heterocycles. The minimum absolute atomic E-state index is 0.182. The van der Waals surface area contributed by atoms with Crippen LogP contribution < -0.4 is 0 Å². The van der Waals surface area contributed by atoms with Crippen LogP contribution in [0.5, 0.6) is 0 Å². The Balaban J connectivity index is 3.28. The quantitative estimate of drug-likeness (QED) is 0.176. The van der Waals surface area contributed by atoms with Gasteiger partial charge in [0.15, 0.2) is 0 Å². The third kappa shape index (κ3) is 20.1. The second kappa shape index (κ2) is 18.1. The average molecular weight is 318 g/mol. The summed E-state index contributed by atoms with van der Waals surface area (Å²) in [6, 6.07) is 0. The summed E-state index contributed by atoms with van der Waals surface area (Å²) in [7, 11) is 0. The first kappa shape index (κ1) is 21.0. The van der Waals surface area contributed by atoms with Crippen LogP contribution in [0.1, 0.15) is 64.7 Å². The van der Waals surface area contributed by atoms with Gasteiger partial charge in [0.05, 0.1) is 12.9 Å². The van der Waals surface area contributed by atoms with Crippen molar-refractivity contribution in [2.45, 2.75) is 64.7 Å². The Labute approximate surface area is 141 Å². The number of carbonyl (C=O) groups excluding carboxylic acids is 1. The summed E-state index contributed by atoms with van der Waals surface area (Å²) in [5, 5.41) is 8.41. The standard InChI is InChI=1S/C20H30O3/c1-20(22)23-19-17-15-13-11-9-7-5-3-2-4-6-8-10-12-14-16-18-21/h2,4,12,14,16,18,21H,3,5,7,9-11,13,15,17,19H2,1H3/b4-2-,14-12+,18-16+. The Morgan fingerprint density at radius 3 is 2.39 bits per heavy atom. The molecule has 0 bridgehead atoms. The lowest BCUT2D eigenvalue weighted by Gasteiger charge is -2.02. The molecule has 0 radical (unpaired) electrons. The van der Waals surface area contributed by atoms with Crippen molar-refractivity contribution >= 4 is 5.97 Å². The number of esters is 1. The van der Waals surface area contributed by atoms with Crippen molar-refractivity contribution in [2.75, 3.05) is 6.61 Å². The highest BCUT2D eigenvalue weighted by molar-refractivity contribution is 5.65. The second-order valence-electron chi connectivity index (χ2n) is 5.30. The number of aliphatic hydroxyl groups is 1. The number of carbonyl (C=O) groups is 1. The summed E-state index contributed by atoms with van der Waals surface area (Å²) in [6.07, 6.45) is 20.4. The van der Waals surface area contributed by atoms with Crippen LogP contribution in [0.2, 0.25) is 0 Å². The third-order valence-corrected chi connectivity index (χ3v) is 3.18. The van der Waals surface area contributed by atoms with Gasteiger partial charge in [-0.2, -0.15) is 0 Å². The minimum Gasteiger partial charge on any atom is -0.516 e. The SMILES string of the molecule is CC(=O)OCCCCCCCCC/C=C\C#CC/C=C/C=C/O. The summed E-state index contributed by atoms with van der Waals surface area (Å²) in [5.41, 5.74) is 0. The first-order valence-electron chi connectivity index (χ1n) is 8.50. The van der Waals surface area contributed by atoms with Gasteiger partial charge in [-0.25, -0.2) is 0 Å². The summed E-state index contributed by atoms with van der Waals surface area (Å²) < 4.78 is 4.89. The number of ether oxygens (including phenoxy) is 1. The summed E-state index contributed by atoms with van der Waals surface area (Å²) in [4.78, 5) is 10.6. The van der Waals surface area contributed by atoms with Crippen LogP contribution >= 0.6 is 0 Å². The fourth-order valence-electron chi connectivity index (χ4n) is 1.98. The highest BCUT2D eigenvalue weighted by Crippen LogP contribution is 2.08. The Bertz CT molecular complexity index is 422. The van der Waals surface area contributed by atoms with Gasteiger partial charge in [0, 0.05) is 13.3 Å². The highest BCUT2D eigenvalue weighted by atomic mass is 16.5. The van der Waals surface area contributed by atoms with E-state index in [1.165, 1.54) is 39.0 Å². The smallest absolute Gasteiger partial charge is 0.302 e. The Kier molecular flexibility index (Phi) is 16.6. The van der Waals surface area contributed by atoms with Gasteiger partial charge in [0.2, 0.25) is 0 Å².